The number of carbonyl (C=O) groups is 2. The number of hydrogen-bond acceptors (Lipinski definition) is 7. The highest BCUT2D eigenvalue weighted by molar-refractivity contribution is 8.01. The highest BCUT2D eigenvalue weighted by Gasteiger charge is 2.11. The first-order valence-corrected chi connectivity index (χ1v) is 9.67. The summed E-state index contributed by atoms with van der Waals surface area (Å²) in [5.41, 5.74) is 0.805. The number of imide groups is 1. The number of thioether (sulfide) groups is 1. The van der Waals surface area contributed by atoms with Crippen molar-refractivity contribution in [3.05, 3.63) is 29.3 Å². The Morgan fingerprint density at radius 2 is 2.12 bits per heavy atom. The number of halogens is 1. The van der Waals surface area contributed by atoms with Crippen LogP contribution in [0.25, 0.3) is 0 Å². The lowest BCUT2D eigenvalue weighted by Gasteiger charge is -2.07. The van der Waals surface area contributed by atoms with Crippen LogP contribution in [0.2, 0.25) is 5.02 Å². The zero-order chi connectivity index (χ0) is 18.2. The van der Waals surface area contributed by atoms with Crippen LogP contribution in [-0.2, 0) is 4.79 Å². The van der Waals surface area contributed by atoms with Crippen LogP contribution in [0.3, 0.4) is 0 Å². The first kappa shape index (κ1) is 19.5. The minimum atomic E-state index is -0.486. The molecule has 25 heavy (non-hydrogen) atoms. The lowest BCUT2D eigenvalue weighted by atomic mass is 10.2. The van der Waals surface area contributed by atoms with Gasteiger partial charge in [-0.05, 0) is 24.1 Å². The third kappa shape index (κ3) is 7.29. The number of carbonyl (C=O) groups excluding carboxylic acids is 2. The van der Waals surface area contributed by atoms with Gasteiger partial charge < -0.3 is 10.6 Å². The molecular formula is C15H18ClN5O2S2. The molecule has 1 aromatic heterocycles. The second-order valence-electron chi connectivity index (χ2n) is 5.45. The molecule has 2 rings (SSSR count). The molecule has 0 saturated heterocycles. The van der Waals surface area contributed by atoms with E-state index in [-0.39, 0.29) is 11.7 Å². The molecule has 0 saturated carbocycles. The maximum absolute atomic E-state index is 11.7. The van der Waals surface area contributed by atoms with Gasteiger partial charge >= 0.3 is 6.03 Å². The number of nitrogens with zero attached hydrogens (tertiary/aromatic N) is 2. The van der Waals surface area contributed by atoms with E-state index in [9.17, 15) is 9.59 Å². The molecule has 0 aliphatic carbocycles. The Balaban J connectivity index is 1.77. The molecule has 3 N–H and O–H groups in total. The van der Waals surface area contributed by atoms with Crippen molar-refractivity contribution in [3.8, 4) is 0 Å². The number of anilines is 2. The van der Waals surface area contributed by atoms with Gasteiger partial charge in [0.15, 0.2) is 4.34 Å². The van der Waals surface area contributed by atoms with Crippen molar-refractivity contribution in [1.29, 1.82) is 0 Å². The maximum Gasteiger partial charge on any atom is 0.321 e. The lowest BCUT2D eigenvalue weighted by Crippen LogP contribution is -2.41. The minimum absolute atomic E-state index is 0.0842. The first-order chi connectivity index (χ1) is 11.9. The Morgan fingerprint density at radius 1 is 1.32 bits per heavy atom. The Hall–Kier alpha value is -1.84. The number of amides is 3. The standard InChI is InChI=1S/C15H18ClN5O2S2/c1-9(2)7-17-13(23)19-12(22)8-24-15-21-20-14(25-15)18-11-5-3-4-10(16)6-11/h3-6,9H,7-8H2,1-2H3,(H,18,20)(H2,17,19,22,23). The average Bonchev–Trinajstić information content (AvgIpc) is 2.98. The third-order valence-electron chi connectivity index (χ3n) is 2.73. The van der Waals surface area contributed by atoms with Crippen LogP contribution in [0, 0.1) is 5.92 Å². The topological polar surface area (TPSA) is 96.0 Å². The second kappa shape index (κ2) is 9.59. The summed E-state index contributed by atoms with van der Waals surface area (Å²) in [6.45, 7) is 4.46. The predicted octanol–water partition coefficient (Wildman–Crippen LogP) is 3.51. The predicted molar refractivity (Wildman–Crippen MR) is 102 cm³/mol. The van der Waals surface area contributed by atoms with E-state index in [0.29, 0.717) is 27.0 Å². The largest absolute Gasteiger partial charge is 0.338 e. The lowest BCUT2D eigenvalue weighted by molar-refractivity contribution is -0.117. The van der Waals surface area contributed by atoms with Gasteiger partial charge in [0.25, 0.3) is 0 Å². The van der Waals surface area contributed by atoms with E-state index >= 15 is 0 Å². The maximum atomic E-state index is 11.7. The highest BCUT2D eigenvalue weighted by atomic mass is 35.5. The molecule has 7 nitrogen and oxygen atoms in total. The smallest absolute Gasteiger partial charge is 0.321 e. The van der Waals surface area contributed by atoms with Crippen LogP contribution >= 0.6 is 34.7 Å². The molecule has 1 aromatic carbocycles. The molecule has 0 unspecified atom stereocenters. The summed E-state index contributed by atoms with van der Waals surface area (Å²) in [6, 6.07) is 6.77. The van der Waals surface area contributed by atoms with Gasteiger partial charge in [0, 0.05) is 17.3 Å². The normalized spacial score (nSPS) is 10.6. The summed E-state index contributed by atoms with van der Waals surface area (Å²) < 4.78 is 0.627. The van der Waals surface area contributed by atoms with Crippen LogP contribution in [0.15, 0.2) is 28.6 Å². The van der Waals surface area contributed by atoms with Crippen LogP contribution in [-0.4, -0.2) is 34.4 Å². The fourth-order valence-electron chi connectivity index (χ4n) is 1.64. The van der Waals surface area contributed by atoms with Gasteiger partial charge in [0.05, 0.1) is 5.75 Å². The van der Waals surface area contributed by atoms with Gasteiger partial charge in [0.1, 0.15) is 0 Å². The summed E-state index contributed by atoms with van der Waals surface area (Å²) in [5, 5.41) is 17.2. The molecule has 3 amide bonds. The van der Waals surface area contributed by atoms with Crippen molar-refractivity contribution < 1.29 is 9.59 Å². The van der Waals surface area contributed by atoms with Crippen molar-refractivity contribution in [2.24, 2.45) is 5.92 Å². The van der Waals surface area contributed by atoms with E-state index in [1.54, 1.807) is 12.1 Å². The van der Waals surface area contributed by atoms with Gasteiger partial charge in [-0.2, -0.15) is 0 Å². The van der Waals surface area contributed by atoms with Crippen LogP contribution in [0.5, 0.6) is 0 Å². The Morgan fingerprint density at radius 3 is 2.84 bits per heavy atom. The SMILES string of the molecule is CC(C)CNC(=O)NC(=O)CSc1nnc(Nc2cccc(Cl)c2)s1. The molecule has 134 valence electrons. The highest BCUT2D eigenvalue weighted by Crippen LogP contribution is 2.28. The van der Waals surface area contributed by atoms with Crippen molar-refractivity contribution in [3.63, 3.8) is 0 Å². The average molecular weight is 400 g/mol. The van der Waals surface area contributed by atoms with E-state index < -0.39 is 6.03 Å². The monoisotopic (exact) mass is 399 g/mol. The van der Waals surface area contributed by atoms with E-state index in [0.717, 1.165) is 5.69 Å². The second-order valence-corrected chi connectivity index (χ2v) is 8.09. The minimum Gasteiger partial charge on any atom is -0.338 e. The molecule has 0 aliphatic rings. The quantitative estimate of drug-likeness (QED) is 0.616. The molecule has 0 aliphatic heterocycles. The number of nitrogens with one attached hydrogen (secondary N) is 3. The zero-order valence-corrected chi connectivity index (χ0v) is 16.1. The summed E-state index contributed by atoms with van der Waals surface area (Å²) in [6.07, 6.45) is 0. The summed E-state index contributed by atoms with van der Waals surface area (Å²) in [4.78, 5) is 23.2. The fraction of sp³-hybridized carbons (Fsp3) is 0.333. The Bertz CT molecular complexity index is 738. The zero-order valence-electron chi connectivity index (χ0n) is 13.7. The molecular weight excluding hydrogens is 382 g/mol. The molecule has 0 atom stereocenters. The van der Waals surface area contributed by atoms with Gasteiger partial charge in [-0.25, -0.2) is 4.79 Å². The number of benzene rings is 1. The van der Waals surface area contributed by atoms with Gasteiger partial charge in [0.2, 0.25) is 11.0 Å². The summed E-state index contributed by atoms with van der Waals surface area (Å²) in [7, 11) is 0. The Kier molecular flexibility index (Phi) is 7.48. The molecule has 0 radical (unpaired) electrons. The molecule has 2 aromatic rings. The van der Waals surface area contributed by atoms with Crippen molar-refractivity contribution in [2.45, 2.75) is 18.2 Å². The van der Waals surface area contributed by atoms with Crippen molar-refractivity contribution in [1.82, 2.24) is 20.8 Å². The first-order valence-electron chi connectivity index (χ1n) is 7.49. The van der Waals surface area contributed by atoms with E-state index in [1.807, 2.05) is 26.0 Å². The summed E-state index contributed by atoms with van der Waals surface area (Å²) >= 11 is 8.46. The van der Waals surface area contributed by atoms with Crippen LogP contribution in [0.4, 0.5) is 15.6 Å². The van der Waals surface area contributed by atoms with Gasteiger partial charge in [-0.1, -0.05) is 54.6 Å². The molecule has 0 spiro atoms. The van der Waals surface area contributed by atoms with Gasteiger partial charge in [-0.3, -0.25) is 10.1 Å². The van der Waals surface area contributed by atoms with Crippen LogP contribution in [0.1, 0.15) is 13.8 Å². The van der Waals surface area contributed by atoms with E-state index in [1.165, 1.54) is 23.1 Å². The van der Waals surface area contributed by atoms with Crippen LogP contribution < -0.4 is 16.0 Å². The number of urea groups is 1. The molecule has 1 heterocycles. The van der Waals surface area contributed by atoms with Crippen molar-refractivity contribution in [2.75, 3.05) is 17.6 Å². The van der Waals surface area contributed by atoms with Crippen molar-refractivity contribution >= 4 is 57.5 Å². The van der Waals surface area contributed by atoms with Gasteiger partial charge in [-0.15, -0.1) is 10.2 Å². The fourth-order valence-corrected chi connectivity index (χ4v) is 3.40. The number of aromatic nitrogens is 2. The van der Waals surface area contributed by atoms with E-state index in [4.69, 9.17) is 11.6 Å². The number of hydrogen-bond donors (Lipinski definition) is 3. The summed E-state index contributed by atoms with van der Waals surface area (Å²) in [5.74, 6) is 0.0220. The molecule has 10 heteroatoms. The Labute approximate surface area is 158 Å². The number of rotatable bonds is 7. The molecule has 0 fully saturated rings. The van der Waals surface area contributed by atoms with E-state index in [2.05, 4.69) is 26.1 Å². The third-order valence-corrected chi connectivity index (χ3v) is 4.94. The molecule has 0 bridgehead atoms.